The maximum atomic E-state index is 13.2. The van der Waals surface area contributed by atoms with Crippen LogP contribution in [-0.4, -0.2) is 49.9 Å². The average molecular weight is 605 g/mol. The minimum Gasteiger partial charge on any atom is -0.414 e. The van der Waals surface area contributed by atoms with Gasteiger partial charge in [0, 0.05) is 18.7 Å². The molecule has 1 aliphatic rings. The number of hydrogen-bond acceptors (Lipinski definition) is 8. The molecule has 0 aliphatic carbocycles. The van der Waals surface area contributed by atoms with Crippen molar-refractivity contribution >= 4 is 28.1 Å². The van der Waals surface area contributed by atoms with Crippen molar-refractivity contribution in [2.75, 3.05) is 11.9 Å². The molecule has 2 aromatic rings. The van der Waals surface area contributed by atoms with Crippen molar-refractivity contribution in [3.63, 3.8) is 0 Å². The van der Waals surface area contributed by atoms with Crippen molar-refractivity contribution in [3.05, 3.63) is 62.7 Å². The normalized spacial score (nSPS) is 21.1. The molecule has 3 rings (SSSR count). The van der Waals surface area contributed by atoms with Gasteiger partial charge in [0.15, 0.2) is 16.6 Å². The zero-order valence-electron chi connectivity index (χ0n) is 26.5. The fraction of sp³-hybridized carbons (Fsp3) is 0.655. The number of nitro groups is 1. The molecule has 1 aromatic carbocycles. The highest BCUT2D eigenvalue weighted by Gasteiger charge is 2.46. The number of nitro benzene ring substituents is 1. The average Bonchev–Trinajstić information content (AvgIpc) is 3.23. The van der Waals surface area contributed by atoms with Gasteiger partial charge in [-0.2, -0.15) is 4.98 Å². The summed E-state index contributed by atoms with van der Waals surface area (Å²) in [5.74, 6) is 0.335. The maximum Gasteiger partial charge on any atom is 0.351 e. The molecule has 1 N–H and O–H groups in total. The zero-order valence-corrected chi connectivity index (χ0v) is 28.5. The van der Waals surface area contributed by atoms with Gasteiger partial charge in [0.1, 0.15) is 18.1 Å². The Balaban J connectivity index is 1.82. The van der Waals surface area contributed by atoms with Gasteiger partial charge in [-0.15, -0.1) is 0 Å². The number of ether oxygens (including phenoxy) is 1. The van der Waals surface area contributed by atoms with Gasteiger partial charge in [-0.25, -0.2) is 4.79 Å². The van der Waals surface area contributed by atoms with Crippen LogP contribution in [0, 0.1) is 10.1 Å². The third-order valence-corrected chi connectivity index (χ3v) is 18.0. The lowest BCUT2D eigenvalue weighted by atomic mass is 10.1. The number of aromatic nitrogens is 2. The van der Waals surface area contributed by atoms with E-state index >= 15 is 0 Å². The Hall–Kier alpha value is -2.39. The van der Waals surface area contributed by atoms with E-state index in [0.717, 1.165) is 0 Å². The van der Waals surface area contributed by atoms with Gasteiger partial charge in [-0.05, 0) is 49.3 Å². The molecule has 0 amide bonds. The summed E-state index contributed by atoms with van der Waals surface area (Å²) in [6, 6.07) is 7.79. The van der Waals surface area contributed by atoms with Crippen LogP contribution in [0.4, 0.5) is 11.5 Å². The Labute approximate surface area is 246 Å². The van der Waals surface area contributed by atoms with Crippen LogP contribution in [0.25, 0.3) is 0 Å². The van der Waals surface area contributed by atoms with E-state index in [2.05, 4.69) is 78.0 Å². The summed E-state index contributed by atoms with van der Waals surface area (Å²) in [5, 5.41) is 14.7. The highest BCUT2D eigenvalue weighted by atomic mass is 28.4. The van der Waals surface area contributed by atoms with Crippen LogP contribution < -0.4 is 11.0 Å². The second kappa shape index (κ2) is 12.1. The van der Waals surface area contributed by atoms with Crippen LogP contribution in [0.1, 0.15) is 72.7 Å². The molecule has 41 heavy (non-hydrogen) atoms. The minimum atomic E-state index is -2.12. The van der Waals surface area contributed by atoms with E-state index in [1.54, 1.807) is 37.4 Å². The molecule has 2 unspecified atom stereocenters. The highest BCUT2D eigenvalue weighted by molar-refractivity contribution is 6.74. The first-order valence-corrected chi connectivity index (χ1v) is 20.1. The molecule has 1 saturated heterocycles. The summed E-state index contributed by atoms with van der Waals surface area (Å²) in [7, 11) is -4.15. The van der Waals surface area contributed by atoms with E-state index in [0.29, 0.717) is 24.4 Å². The van der Waals surface area contributed by atoms with Crippen molar-refractivity contribution in [1.29, 1.82) is 0 Å². The summed E-state index contributed by atoms with van der Waals surface area (Å²) in [6.45, 7) is 24.3. The first-order chi connectivity index (χ1) is 18.7. The molecule has 0 saturated carbocycles. The van der Waals surface area contributed by atoms with Gasteiger partial charge in [-0.3, -0.25) is 14.7 Å². The van der Waals surface area contributed by atoms with E-state index in [1.165, 1.54) is 10.6 Å². The number of nitrogens with one attached hydrogen (secondary N) is 1. The first-order valence-electron chi connectivity index (χ1n) is 14.3. The van der Waals surface area contributed by atoms with Crippen molar-refractivity contribution in [2.24, 2.45) is 0 Å². The number of benzene rings is 1. The van der Waals surface area contributed by atoms with Gasteiger partial charge >= 0.3 is 5.69 Å². The number of para-hydroxylation sites is 1. The Morgan fingerprint density at radius 3 is 2.27 bits per heavy atom. The van der Waals surface area contributed by atoms with Crippen LogP contribution in [0.15, 0.2) is 41.3 Å². The van der Waals surface area contributed by atoms with Crippen LogP contribution in [0.5, 0.6) is 0 Å². The van der Waals surface area contributed by atoms with Crippen LogP contribution in [0.2, 0.25) is 36.3 Å². The summed E-state index contributed by atoms with van der Waals surface area (Å²) >= 11 is 0. The molecule has 4 atom stereocenters. The number of nitrogens with zero attached hydrogens (tertiary/aromatic N) is 3. The van der Waals surface area contributed by atoms with Crippen molar-refractivity contribution < 1.29 is 18.5 Å². The molecule has 10 nitrogen and oxygen atoms in total. The predicted octanol–water partition coefficient (Wildman–Crippen LogP) is 7.02. The standard InChI is InChI=1S/C29H48N4O6Si2/c1-20(21-14-12-13-15-22(21)33(35)36)30-25-16-17-32(27(34)31-25)26-18-23(39-41(10,11)29(5,6)7)24(38-26)19-37-40(8,9)28(2,3)4/h12-17,20,23-24,26H,18-19H2,1-11H3,(H,30,31,34)/t20?,23?,24-,26-/m1/s1. The smallest absolute Gasteiger partial charge is 0.351 e. The van der Waals surface area contributed by atoms with Gasteiger partial charge in [0.2, 0.25) is 0 Å². The number of rotatable bonds is 10. The highest BCUT2D eigenvalue weighted by Crippen LogP contribution is 2.42. The molecular weight excluding hydrogens is 557 g/mol. The maximum absolute atomic E-state index is 13.2. The van der Waals surface area contributed by atoms with Gasteiger partial charge in [0.25, 0.3) is 5.69 Å². The van der Waals surface area contributed by atoms with Crippen molar-refractivity contribution in [2.45, 2.75) is 116 Å². The molecule has 12 heteroatoms. The van der Waals surface area contributed by atoms with Gasteiger partial charge < -0.3 is 18.9 Å². The molecule has 0 bridgehead atoms. The third kappa shape index (κ3) is 7.72. The van der Waals surface area contributed by atoms with Crippen LogP contribution in [-0.2, 0) is 13.6 Å². The van der Waals surface area contributed by atoms with Crippen LogP contribution in [0.3, 0.4) is 0 Å². The van der Waals surface area contributed by atoms with E-state index in [4.69, 9.17) is 13.6 Å². The Morgan fingerprint density at radius 1 is 1.10 bits per heavy atom. The molecule has 2 heterocycles. The SMILES string of the molecule is CC(Nc1ccn([C@H]2CC(O[Si](C)(C)C(C)(C)C)[C@@H](CO[Si](C)(C)C(C)(C)C)O2)c(=O)n1)c1ccccc1[N+](=O)[O-]. The Morgan fingerprint density at radius 2 is 1.71 bits per heavy atom. The number of hydrogen-bond donors (Lipinski definition) is 1. The van der Waals surface area contributed by atoms with E-state index in [9.17, 15) is 14.9 Å². The second-order valence-electron chi connectivity index (χ2n) is 14.0. The molecule has 1 fully saturated rings. The molecule has 1 aromatic heterocycles. The Kier molecular flexibility index (Phi) is 9.76. The zero-order chi connectivity index (χ0) is 31.0. The van der Waals surface area contributed by atoms with E-state index in [-0.39, 0.29) is 28.0 Å². The summed E-state index contributed by atoms with van der Waals surface area (Å²) in [4.78, 5) is 28.5. The number of anilines is 1. The summed E-state index contributed by atoms with van der Waals surface area (Å²) in [6.07, 6.45) is 1.11. The lowest BCUT2D eigenvalue weighted by Gasteiger charge is -2.40. The Bertz CT molecular complexity index is 1290. The topological polar surface area (TPSA) is 118 Å². The second-order valence-corrected chi connectivity index (χ2v) is 23.6. The summed E-state index contributed by atoms with van der Waals surface area (Å²) < 4.78 is 21.3. The lowest BCUT2D eigenvalue weighted by Crippen LogP contribution is -2.48. The molecule has 0 spiro atoms. The third-order valence-electron chi connectivity index (χ3n) is 8.95. The first kappa shape index (κ1) is 33.1. The molecular formula is C29H48N4O6Si2. The van der Waals surface area contributed by atoms with Gasteiger partial charge in [0.05, 0.1) is 29.2 Å². The molecule has 1 aliphatic heterocycles. The largest absolute Gasteiger partial charge is 0.414 e. The van der Waals surface area contributed by atoms with E-state index in [1.807, 2.05) is 0 Å². The van der Waals surface area contributed by atoms with Gasteiger partial charge in [-0.1, -0.05) is 59.7 Å². The van der Waals surface area contributed by atoms with Crippen LogP contribution >= 0.6 is 0 Å². The quantitative estimate of drug-likeness (QED) is 0.175. The van der Waals surface area contributed by atoms with Crippen molar-refractivity contribution in [1.82, 2.24) is 9.55 Å². The van der Waals surface area contributed by atoms with E-state index < -0.39 is 39.5 Å². The molecule has 0 radical (unpaired) electrons. The minimum absolute atomic E-state index is 0.0129. The predicted molar refractivity (Wildman–Crippen MR) is 167 cm³/mol. The monoisotopic (exact) mass is 604 g/mol. The van der Waals surface area contributed by atoms with Crippen molar-refractivity contribution in [3.8, 4) is 0 Å². The molecule has 228 valence electrons. The summed E-state index contributed by atoms with van der Waals surface area (Å²) in [5.41, 5.74) is 0.0588. The fourth-order valence-corrected chi connectivity index (χ4v) is 6.61. The fourth-order valence-electron chi connectivity index (χ4n) is 4.24. The lowest BCUT2D eigenvalue weighted by molar-refractivity contribution is -0.385.